The zero-order chi connectivity index (χ0) is 10.4. The molecule has 1 rings (SSSR count). The van der Waals surface area contributed by atoms with Gasteiger partial charge in [0.05, 0.1) is 8.80 Å². The van der Waals surface area contributed by atoms with Gasteiger partial charge in [-0.25, -0.2) is 0 Å². The summed E-state index contributed by atoms with van der Waals surface area (Å²) in [5.41, 5.74) is 4.28. The molecule has 0 bridgehead atoms. The third-order valence-corrected chi connectivity index (χ3v) is 6.44. The molecule has 1 unspecified atom stereocenters. The molecule has 0 N–H and O–H groups in total. The Labute approximate surface area is 90.7 Å². The molecule has 1 aliphatic heterocycles. The summed E-state index contributed by atoms with van der Waals surface area (Å²) in [7, 11) is -0.604. The van der Waals surface area contributed by atoms with Gasteiger partial charge in [0, 0.05) is 0 Å². The van der Waals surface area contributed by atoms with Crippen LogP contribution in [0.5, 0.6) is 0 Å². The molecule has 0 spiro atoms. The summed E-state index contributed by atoms with van der Waals surface area (Å²) in [5, 5.41) is 1.89. The third kappa shape index (κ3) is 2.84. The van der Waals surface area contributed by atoms with E-state index in [2.05, 4.69) is 32.5 Å². The van der Waals surface area contributed by atoms with Crippen molar-refractivity contribution in [1.82, 2.24) is 0 Å². The van der Waals surface area contributed by atoms with Crippen LogP contribution in [0.3, 0.4) is 0 Å². The minimum Gasteiger partial charge on any atom is -0.0929 e. The molecule has 0 aliphatic carbocycles. The molecular weight excluding hydrogens is 184 g/mol. The Balaban J connectivity index is 2.67. The second-order valence-corrected chi connectivity index (χ2v) is 7.18. The van der Waals surface area contributed by atoms with E-state index in [9.17, 15) is 0 Å². The van der Waals surface area contributed by atoms with Crippen molar-refractivity contribution in [2.75, 3.05) is 0 Å². The van der Waals surface area contributed by atoms with Gasteiger partial charge in [0.25, 0.3) is 0 Å². The van der Waals surface area contributed by atoms with Crippen LogP contribution in [0.2, 0.25) is 6.04 Å². The number of hydrogen-bond acceptors (Lipinski definition) is 0. The Morgan fingerprint density at radius 3 is 2.29 bits per heavy atom. The summed E-state index contributed by atoms with van der Waals surface area (Å²) in [4.78, 5) is 0. The lowest BCUT2D eigenvalue weighted by Gasteiger charge is -2.12. The average molecular weight is 208 g/mol. The number of hydrogen-bond donors (Lipinski definition) is 0. The van der Waals surface area contributed by atoms with Crippen molar-refractivity contribution in [2.45, 2.75) is 58.9 Å². The van der Waals surface area contributed by atoms with Crippen molar-refractivity contribution in [3.8, 4) is 0 Å². The van der Waals surface area contributed by atoms with E-state index in [-0.39, 0.29) is 0 Å². The molecule has 80 valence electrons. The van der Waals surface area contributed by atoms with Gasteiger partial charge in [0.1, 0.15) is 0 Å². The number of rotatable bonds is 6. The van der Waals surface area contributed by atoms with Gasteiger partial charge in [0.2, 0.25) is 0 Å². The molecule has 1 heteroatoms. The van der Waals surface area contributed by atoms with Crippen molar-refractivity contribution in [2.24, 2.45) is 0 Å². The Morgan fingerprint density at radius 2 is 1.71 bits per heavy atom. The lowest BCUT2D eigenvalue weighted by atomic mass is 10.1. The molecule has 1 atom stereocenters. The monoisotopic (exact) mass is 208 g/mol. The van der Waals surface area contributed by atoms with Gasteiger partial charge in [-0.3, -0.25) is 0 Å². The molecule has 0 aromatic carbocycles. The topological polar surface area (TPSA) is 0 Å². The molecule has 0 saturated carbocycles. The summed E-state index contributed by atoms with van der Waals surface area (Å²) in [6, 6.07) is 1.49. The van der Waals surface area contributed by atoms with Gasteiger partial charge in [-0.2, -0.15) is 0 Å². The summed E-state index contributed by atoms with van der Waals surface area (Å²) in [6.45, 7) is 6.92. The molecule has 1 aliphatic rings. The van der Waals surface area contributed by atoms with Gasteiger partial charge in [0.15, 0.2) is 0 Å². The van der Waals surface area contributed by atoms with E-state index in [1.165, 1.54) is 38.1 Å². The maximum atomic E-state index is 2.57. The highest BCUT2D eigenvalue weighted by molar-refractivity contribution is 6.73. The largest absolute Gasteiger partial charge is 0.0929 e. The van der Waals surface area contributed by atoms with Gasteiger partial charge < -0.3 is 0 Å². The lowest BCUT2D eigenvalue weighted by molar-refractivity contribution is 0.882. The van der Waals surface area contributed by atoms with Crippen LogP contribution < -0.4 is 0 Å². The minimum absolute atomic E-state index is 0.604. The van der Waals surface area contributed by atoms with Crippen molar-refractivity contribution >= 4 is 8.80 Å². The molecule has 0 saturated heterocycles. The standard InChI is InChI=1S/C13H24Si/c1-4-7-12-9-11-14(10-6-3)13(12)8-5-2/h9,11,14H,4-8,10H2,1-3H3. The van der Waals surface area contributed by atoms with E-state index >= 15 is 0 Å². The first-order chi connectivity index (χ1) is 6.83. The SMILES string of the molecule is CCCC1=C(CCC)[SiH](CCC)C=C1. The van der Waals surface area contributed by atoms with Gasteiger partial charge in [-0.15, -0.1) is 0 Å². The molecule has 0 nitrogen and oxygen atoms in total. The van der Waals surface area contributed by atoms with Crippen LogP contribution in [-0.2, 0) is 0 Å². The van der Waals surface area contributed by atoms with Crippen LogP contribution in [0.1, 0.15) is 52.9 Å². The summed E-state index contributed by atoms with van der Waals surface area (Å²) >= 11 is 0. The van der Waals surface area contributed by atoms with Crippen molar-refractivity contribution in [3.63, 3.8) is 0 Å². The van der Waals surface area contributed by atoms with Crippen LogP contribution in [0.25, 0.3) is 0 Å². The van der Waals surface area contributed by atoms with Gasteiger partial charge >= 0.3 is 0 Å². The molecule has 14 heavy (non-hydrogen) atoms. The summed E-state index contributed by atoms with van der Waals surface area (Å²) in [6.07, 6.45) is 9.14. The van der Waals surface area contributed by atoms with Crippen molar-refractivity contribution < 1.29 is 0 Å². The van der Waals surface area contributed by atoms with E-state index in [4.69, 9.17) is 0 Å². The lowest BCUT2D eigenvalue weighted by Crippen LogP contribution is -2.11. The van der Waals surface area contributed by atoms with Gasteiger partial charge in [-0.05, 0) is 12.8 Å². The number of allylic oxidation sites excluding steroid dienone is 3. The summed E-state index contributed by atoms with van der Waals surface area (Å²) in [5.74, 6) is 0. The van der Waals surface area contributed by atoms with Crippen LogP contribution in [0.4, 0.5) is 0 Å². The van der Waals surface area contributed by atoms with E-state index < -0.39 is 8.80 Å². The maximum Gasteiger partial charge on any atom is 0.0892 e. The van der Waals surface area contributed by atoms with Crippen LogP contribution in [-0.4, -0.2) is 8.80 Å². The second kappa shape index (κ2) is 6.23. The molecule has 0 amide bonds. The molecule has 0 aromatic rings. The van der Waals surface area contributed by atoms with Crippen molar-refractivity contribution in [1.29, 1.82) is 0 Å². The van der Waals surface area contributed by atoms with Crippen molar-refractivity contribution in [3.05, 3.63) is 22.5 Å². The zero-order valence-corrected chi connectivity index (χ0v) is 11.1. The summed E-state index contributed by atoms with van der Waals surface area (Å²) < 4.78 is 0. The first-order valence-corrected chi connectivity index (χ1v) is 8.29. The minimum atomic E-state index is -0.604. The second-order valence-electron chi connectivity index (χ2n) is 4.30. The van der Waals surface area contributed by atoms with Crippen LogP contribution in [0, 0.1) is 0 Å². The van der Waals surface area contributed by atoms with Gasteiger partial charge in [-0.1, -0.05) is 68.6 Å². The quantitative estimate of drug-likeness (QED) is 0.575. The fraction of sp³-hybridized carbons (Fsp3) is 0.692. The third-order valence-electron chi connectivity index (χ3n) is 3.03. The highest BCUT2D eigenvalue weighted by Crippen LogP contribution is 2.28. The molecule has 0 radical (unpaired) electrons. The maximum absolute atomic E-state index is 2.57. The molecule has 0 fully saturated rings. The van der Waals surface area contributed by atoms with E-state index in [0.29, 0.717) is 0 Å². The van der Waals surface area contributed by atoms with E-state index in [1.807, 2.05) is 5.20 Å². The Hall–Kier alpha value is -0.303. The highest BCUT2D eigenvalue weighted by atomic mass is 28.3. The van der Waals surface area contributed by atoms with Crippen LogP contribution >= 0.6 is 0 Å². The fourth-order valence-corrected chi connectivity index (χ4v) is 5.64. The predicted molar refractivity (Wildman–Crippen MR) is 68.2 cm³/mol. The first-order valence-electron chi connectivity index (χ1n) is 6.23. The van der Waals surface area contributed by atoms with E-state index in [1.54, 1.807) is 5.57 Å². The zero-order valence-electron chi connectivity index (χ0n) is 9.97. The average Bonchev–Trinajstić information content (AvgIpc) is 2.52. The Kier molecular flexibility index (Phi) is 5.24. The first kappa shape index (κ1) is 11.8. The molecular formula is C13H24Si. The normalized spacial score (nSPS) is 20.9. The predicted octanol–water partition coefficient (Wildman–Crippen LogP) is 4.17. The molecule has 1 heterocycles. The van der Waals surface area contributed by atoms with Crippen LogP contribution in [0.15, 0.2) is 22.5 Å². The fourth-order valence-electron chi connectivity index (χ4n) is 2.40. The molecule has 0 aromatic heterocycles. The van der Waals surface area contributed by atoms with E-state index in [0.717, 1.165) is 0 Å². The Morgan fingerprint density at radius 1 is 1.00 bits per heavy atom. The smallest absolute Gasteiger partial charge is 0.0892 e. The Bertz CT molecular complexity index is 225. The highest BCUT2D eigenvalue weighted by Gasteiger charge is 2.19.